The lowest BCUT2D eigenvalue weighted by Gasteiger charge is -2.45. The first kappa shape index (κ1) is 22.3. The highest BCUT2D eigenvalue weighted by Gasteiger charge is 2.58. The van der Waals surface area contributed by atoms with Crippen LogP contribution in [0.3, 0.4) is 0 Å². The summed E-state index contributed by atoms with van der Waals surface area (Å²) in [5.74, 6) is -2.30. The second kappa shape index (κ2) is 8.91. The molecule has 170 valence electrons. The summed E-state index contributed by atoms with van der Waals surface area (Å²) in [6, 6.07) is 14.2. The van der Waals surface area contributed by atoms with Crippen molar-refractivity contribution in [3.63, 3.8) is 0 Å². The molecule has 2 aromatic carbocycles. The van der Waals surface area contributed by atoms with E-state index in [9.17, 15) is 22.8 Å². The molecular formula is C23H23F3N2O4. The summed E-state index contributed by atoms with van der Waals surface area (Å²) in [6.45, 7) is -0.222. The Labute approximate surface area is 183 Å². The van der Waals surface area contributed by atoms with E-state index in [1.165, 1.54) is 17.0 Å². The van der Waals surface area contributed by atoms with Gasteiger partial charge in [-0.3, -0.25) is 14.3 Å². The molecule has 0 aromatic heterocycles. The van der Waals surface area contributed by atoms with Crippen LogP contribution in [0.15, 0.2) is 54.6 Å². The highest BCUT2D eigenvalue weighted by atomic mass is 19.3. The van der Waals surface area contributed by atoms with Gasteiger partial charge < -0.3 is 14.5 Å². The Morgan fingerprint density at radius 1 is 1.03 bits per heavy atom. The molecule has 0 radical (unpaired) electrons. The molecule has 2 saturated heterocycles. The summed E-state index contributed by atoms with van der Waals surface area (Å²) in [4.78, 5) is 27.5. The number of hydrogen-bond acceptors (Lipinski definition) is 4. The Bertz CT molecular complexity index is 971. The highest BCUT2D eigenvalue weighted by Crippen LogP contribution is 2.37. The molecule has 2 aromatic rings. The molecule has 0 aliphatic carbocycles. The van der Waals surface area contributed by atoms with Crippen molar-refractivity contribution in [1.29, 1.82) is 0 Å². The zero-order valence-corrected chi connectivity index (χ0v) is 17.3. The number of benzene rings is 2. The number of halogens is 3. The Kier molecular flexibility index (Phi) is 6.21. The largest absolute Gasteiger partial charge is 0.437 e. The lowest BCUT2D eigenvalue weighted by molar-refractivity contribution is -0.293. The zero-order valence-electron chi connectivity index (χ0n) is 17.3. The fourth-order valence-electron chi connectivity index (χ4n) is 4.02. The number of amides is 2. The second-order valence-electron chi connectivity index (χ2n) is 8.02. The minimum absolute atomic E-state index is 0.116. The van der Waals surface area contributed by atoms with Crippen LogP contribution in [0.5, 0.6) is 0 Å². The van der Waals surface area contributed by atoms with E-state index in [0.29, 0.717) is 6.42 Å². The van der Waals surface area contributed by atoms with Crippen LogP contribution in [0, 0.1) is 5.82 Å². The van der Waals surface area contributed by atoms with Gasteiger partial charge in [-0.15, -0.1) is 0 Å². The summed E-state index contributed by atoms with van der Waals surface area (Å²) in [7, 11) is 0. The van der Waals surface area contributed by atoms with E-state index in [0.717, 1.165) is 22.6 Å². The maximum atomic E-state index is 14.6. The third-order valence-electron chi connectivity index (χ3n) is 5.60. The third-order valence-corrected chi connectivity index (χ3v) is 5.60. The van der Waals surface area contributed by atoms with Crippen LogP contribution < -0.4 is 4.90 Å². The van der Waals surface area contributed by atoms with Crippen LogP contribution in [-0.2, 0) is 25.5 Å². The predicted molar refractivity (Wildman–Crippen MR) is 110 cm³/mol. The number of carbonyl (C=O) groups excluding carboxylic acids is 2. The summed E-state index contributed by atoms with van der Waals surface area (Å²) in [6.07, 6.45) is -3.39. The second-order valence-corrected chi connectivity index (χ2v) is 8.02. The maximum absolute atomic E-state index is 14.6. The van der Waals surface area contributed by atoms with Crippen LogP contribution >= 0.6 is 0 Å². The Morgan fingerprint density at radius 2 is 1.75 bits per heavy atom. The average Bonchev–Trinajstić information content (AvgIpc) is 2.98. The van der Waals surface area contributed by atoms with Gasteiger partial charge in [-0.2, -0.15) is 8.78 Å². The molecule has 2 amide bonds. The van der Waals surface area contributed by atoms with E-state index < -0.39 is 23.4 Å². The summed E-state index contributed by atoms with van der Waals surface area (Å²) in [5, 5.41) is 0. The van der Waals surface area contributed by atoms with Gasteiger partial charge in [0.1, 0.15) is 11.4 Å². The van der Waals surface area contributed by atoms with Gasteiger partial charge >= 0.3 is 12.0 Å². The standard InChI is InChI=1S/C23H23F3N2O4/c24-18-7-9-19(10-8-18)28-15-22(32-23(25,26)21(28)30)14-27(12-13-31-16-22)20(29)11-6-17-4-2-1-3-5-17/h1-5,7-10H,6,11-16H2. The molecule has 0 bridgehead atoms. The highest BCUT2D eigenvalue weighted by molar-refractivity contribution is 5.98. The van der Waals surface area contributed by atoms with Crippen molar-refractivity contribution in [3.8, 4) is 0 Å². The van der Waals surface area contributed by atoms with Gasteiger partial charge in [-0.05, 0) is 36.2 Å². The van der Waals surface area contributed by atoms with Gasteiger partial charge in [0.2, 0.25) is 5.91 Å². The van der Waals surface area contributed by atoms with Crippen LogP contribution in [0.2, 0.25) is 0 Å². The van der Waals surface area contributed by atoms with E-state index in [-0.39, 0.29) is 50.9 Å². The van der Waals surface area contributed by atoms with Crippen molar-refractivity contribution < 1.29 is 32.2 Å². The quantitative estimate of drug-likeness (QED) is 0.722. The fourth-order valence-corrected chi connectivity index (χ4v) is 4.02. The van der Waals surface area contributed by atoms with Gasteiger partial charge in [0.25, 0.3) is 0 Å². The van der Waals surface area contributed by atoms with Gasteiger partial charge in [-0.25, -0.2) is 4.39 Å². The molecule has 2 aliphatic rings. The number of rotatable bonds is 4. The van der Waals surface area contributed by atoms with E-state index in [2.05, 4.69) is 0 Å². The number of anilines is 1. The van der Waals surface area contributed by atoms with Gasteiger partial charge in [0.05, 0.1) is 26.3 Å². The average molecular weight is 448 g/mol. The normalized spacial score (nSPS) is 23.3. The third kappa shape index (κ3) is 4.78. The SMILES string of the molecule is O=C(CCc1ccccc1)N1CCOCC2(C1)CN(c1ccc(F)cc1)C(=O)C(F)(F)O2. The number of nitrogens with zero attached hydrogens (tertiary/aromatic N) is 2. The van der Waals surface area contributed by atoms with Crippen molar-refractivity contribution in [3.05, 3.63) is 66.0 Å². The molecule has 9 heteroatoms. The van der Waals surface area contributed by atoms with Crippen LogP contribution in [0.4, 0.5) is 18.9 Å². The van der Waals surface area contributed by atoms with E-state index >= 15 is 0 Å². The molecule has 2 fully saturated rings. The fraction of sp³-hybridized carbons (Fsp3) is 0.391. The first-order chi connectivity index (χ1) is 15.3. The van der Waals surface area contributed by atoms with Crippen molar-refractivity contribution in [2.24, 2.45) is 0 Å². The Hall–Kier alpha value is -2.91. The smallest absolute Gasteiger partial charge is 0.376 e. The van der Waals surface area contributed by atoms with Crippen LogP contribution in [0.25, 0.3) is 0 Å². The molecule has 2 heterocycles. The van der Waals surface area contributed by atoms with Crippen molar-refractivity contribution in [2.45, 2.75) is 24.6 Å². The molecule has 1 spiro atoms. The number of ether oxygens (including phenoxy) is 2. The molecule has 6 nitrogen and oxygen atoms in total. The van der Waals surface area contributed by atoms with E-state index in [1.807, 2.05) is 30.3 Å². The van der Waals surface area contributed by atoms with E-state index in [4.69, 9.17) is 9.47 Å². The van der Waals surface area contributed by atoms with Crippen LogP contribution in [-0.4, -0.2) is 61.3 Å². The van der Waals surface area contributed by atoms with Gasteiger partial charge in [0, 0.05) is 18.7 Å². The lowest BCUT2D eigenvalue weighted by atomic mass is 10.00. The lowest BCUT2D eigenvalue weighted by Crippen LogP contribution is -2.66. The Balaban J connectivity index is 1.54. The first-order valence-electron chi connectivity index (χ1n) is 10.3. The Morgan fingerprint density at radius 3 is 2.47 bits per heavy atom. The zero-order chi connectivity index (χ0) is 22.8. The minimum Gasteiger partial charge on any atom is -0.376 e. The predicted octanol–water partition coefficient (Wildman–Crippen LogP) is 3.01. The monoisotopic (exact) mass is 448 g/mol. The molecule has 1 unspecified atom stereocenters. The molecule has 0 saturated carbocycles. The number of morpholine rings is 1. The van der Waals surface area contributed by atoms with Crippen molar-refractivity contribution >= 4 is 17.5 Å². The van der Waals surface area contributed by atoms with Gasteiger partial charge in [0.15, 0.2) is 0 Å². The molecule has 32 heavy (non-hydrogen) atoms. The molecule has 4 rings (SSSR count). The van der Waals surface area contributed by atoms with Crippen molar-refractivity contribution in [2.75, 3.05) is 37.7 Å². The maximum Gasteiger partial charge on any atom is 0.437 e. The summed E-state index contributed by atoms with van der Waals surface area (Å²) >= 11 is 0. The minimum atomic E-state index is -4.11. The number of alkyl halides is 2. The number of carbonyl (C=O) groups is 2. The first-order valence-corrected chi connectivity index (χ1v) is 10.3. The van der Waals surface area contributed by atoms with Crippen LogP contribution in [0.1, 0.15) is 12.0 Å². The molecule has 1 atom stereocenters. The summed E-state index contributed by atoms with van der Waals surface area (Å²) in [5.41, 5.74) is -0.509. The molecule has 2 aliphatic heterocycles. The summed E-state index contributed by atoms with van der Waals surface area (Å²) < 4.78 is 53.1. The van der Waals surface area contributed by atoms with Crippen molar-refractivity contribution in [1.82, 2.24) is 4.90 Å². The molecular weight excluding hydrogens is 425 g/mol. The topological polar surface area (TPSA) is 59.1 Å². The van der Waals surface area contributed by atoms with E-state index in [1.54, 1.807) is 0 Å². The number of aryl methyl sites for hydroxylation is 1. The number of hydrogen-bond donors (Lipinski definition) is 0. The van der Waals surface area contributed by atoms with Gasteiger partial charge in [-0.1, -0.05) is 30.3 Å². The molecule has 0 N–H and O–H groups in total.